The van der Waals surface area contributed by atoms with Gasteiger partial charge < -0.3 is 5.73 Å². The van der Waals surface area contributed by atoms with E-state index in [1.807, 2.05) is 0 Å². The fourth-order valence-corrected chi connectivity index (χ4v) is 5.87. The van der Waals surface area contributed by atoms with Crippen molar-refractivity contribution in [1.29, 1.82) is 0 Å². The van der Waals surface area contributed by atoms with E-state index < -0.39 is 0 Å². The highest BCUT2D eigenvalue weighted by Gasteiger charge is 2.52. The van der Waals surface area contributed by atoms with Gasteiger partial charge in [-0.1, -0.05) is 0 Å². The van der Waals surface area contributed by atoms with Crippen LogP contribution in [0.5, 0.6) is 0 Å². The van der Waals surface area contributed by atoms with Crippen molar-refractivity contribution in [2.24, 2.45) is 23.5 Å². The Labute approximate surface area is 121 Å². The molecular formula is C17H27N3. The van der Waals surface area contributed by atoms with E-state index in [1.54, 1.807) is 5.56 Å². The Morgan fingerprint density at radius 3 is 2.35 bits per heavy atom. The van der Waals surface area contributed by atoms with Crippen molar-refractivity contribution in [3.63, 3.8) is 0 Å². The minimum absolute atomic E-state index is 0.486. The van der Waals surface area contributed by atoms with Gasteiger partial charge in [-0.15, -0.1) is 0 Å². The lowest BCUT2D eigenvalue weighted by Crippen LogP contribution is -2.48. The van der Waals surface area contributed by atoms with Crippen molar-refractivity contribution in [2.75, 3.05) is 6.54 Å². The summed E-state index contributed by atoms with van der Waals surface area (Å²) in [6, 6.07) is 0. The molecule has 110 valence electrons. The zero-order valence-electron chi connectivity index (χ0n) is 12.6. The van der Waals surface area contributed by atoms with Crippen molar-refractivity contribution < 1.29 is 0 Å². The van der Waals surface area contributed by atoms with Crippen molar-refractivity contribution in [2.45, 2.75) is 63.8 Å². The van der Waals surface area contributed by atoms with Crippen molar-refractivity contribution >= 4 is 0 Å². The monoisotopic (exact) mass is 273 g/mol. The first-order chi connectivity index (χ1) is 9.70. The van der Waals surface area contributed by atoms with E-state index in [2.05, 4.69) is 22.9 Å². The van der Waals surface area contributed by atoms with Crippen LogP contribution in [0.4, 0.5) is 0 Å². The molecule has 4 bridgehead atoms. The summed E-state index contributed by atoms with van der Waals surface area (Å²) in [4.78, 5) is 0. The van der Waals surface area contributed by atoms with Crippen LogP contribution in [-0.4, -0.2) is 16.3 Å². The van der Waals surface area contributed by atoms with E-state index in [4.69, 9.17) is 5.73 Å². The van der Waals surface area contributed by atoms with Crippen molar-refractivity contribution in [3.05, 3.63) is 17.5 Å². The molecule has 0 saturated heterocycles. The predicted molar refractivity (Wildman–Crippen MR) is 80.5 cm³/mol. The number of nitrogens with two attached hydrogens (primary N) is 1. The Morgan fingerprint density at radius 1 is 1.20 bits per heavy atom. The van der Waals surface area contributed by atoms with Gasteiger partial charge in [-0.2, -0.15) is 5.10 Å². The minimum Gasteiger partial charge on any atom is -0.330 e. The summed E-state index contributed by atoms with van der Waals surface area (Å²) in [6.45, 7) is 4.01. The second kappa shape index (κ2) is 4.59. The molecule has 0 amide bonds. The molecule has 5 rings (SSSR count). The Balaban J connectivity index is 1.65. The molecule has 3 nitrogen and oxygen atoms in total. The van der Waals surface area contributed by atoms with E-state index in [1.165, 1.54) is 44.2 Å². The Kier molecular flexibility index (Phi) is 2.95. The molecule has 4 fully saturated rings. The van der Waals surface area contributed by atoms with Gasteiger partial charge in [-0.3, -0.25) is 4.68 Å². The highest BCUT2D eigenvalue weighted by molar-refractivity contribution is 5.31. The third kappa shape index (κ3) is 1.86. The maximum absolute atomic E-state index is 5.64. The standard InChI is InChI=1S/C17H27N3/c1-12-16(11-19-20(12)4-2-3-18)17-8-13-5-14(9-17)7-15(6-13)10-17/h11,13-15H,2-10,18H2,1H3. The normalized spacial score (nSPS) is 38.6. The maximum atomic E-state index is 5.64. The number of aromatic nitrogens is 2. The molecule has 4 aliphatic carbocycles. The van der Waals surface area contributed by atoms with Gasteiger partial charge in [0.25, 0.3) is 0 Å². The second-order valence-electron chi connectivity index (χ2n) is 7.71. The first-order valence-electron chi connectivity index (χ1n) is 8.43. The highest BCUT2D eigenvalue weighted by atomic mass is 15.3. The van der Waals surface area contributed by atoms with Gasteiger partial charge in [0, 0.05) is 12.2 Å². The van der Waals surface area contributed by atoms with Crippen LogP contribution in [0.3, 0.4) is 0 Å². The molecule has 20 heavy (non-hydrogen) atoms. The maximum Gasteiger partial charge on any atom is 0.0530 e. The molecule has 1 heterocycles. The van der Waals surface area contributed by atoms with Gasteiger partial charge in [0.15, 0.2) is 0 Å². The molecule has 4 saturated carbocycles. The van der Waals surface area contributed by atoms with Gasteiger partial charge in [-0.25, -0.2) is 0 Å². The largest absolute Gasteiger partial charge is 0.330 e. The van der Waals surface area contributed by atoms with E-state index in [9.17, 15) is 0 Å². The molecule has 0 aliphatic heterocycles. The van der Waals surface area contributed by atoms with Crippen LogP contribution in [0.1, 0.15) is 56.2 Å². The fraction of sp³-hybridized carbons (Fsp3) is 0.824. The fourth-order valence-electron chi connectivity index (χ4n) is 5.87. The lowest BCUT2D eigenvalue weighted by molar-refractivity contribution is -0.00552. The highest BCUT2D eigenvalue weighted by Crippen LogP contribution is 2.61. The first kappa shape index (κ1) is 12.9. The van der Waals surface area contributed by atoms with Gasteiger partial charge in [0.1, 0.15) is 0 Å². The molecule has 1 aromatic heterocycles. The summed E-state index contributed by atoms with van der Waals surface area (Å²) in [5, 5.41) is 4.67. The third-order valence-corrected chi connectivity index (χ3v) is 6.29. The summed E-state index contributed by atoms with van der Waals surface area (Å²) in [7, 11) is 0. The molecular weight excluding hydrogens is 246 g/mol. The van der Waals surface area contributed by atoms with Gasteiger partial charge in [-0.05, 0) is 87.1 Å². The summed E-state index contributed by atoms with van der Waals surface area (Å²) in [5.74, 6) is 3.02. The molecule has 0 unspecified atom stereocenters. The lowest BCUT2D eigenvalue weighted by atomic mass is 9.48. The van der Waals surface area contributed by atoms with E-state index in [0.29, 0.717) is 5.41 Å². The molecule has 3 heteroatoms. The van der Waals surface area contributed by atoms with Crippen LogP contribution >= 0.6 is 0 Å². The van der Waals surface area contributed by atoms with Crippen LogP contribution < -0.4 is 5.73 Å². The number of hydrogen-bond donors (Lipinski definition) is 1. The van der Waals surface area contributed by atoms with E-state index in [0.717, 1.165) is 37.3 Å². The number of hydrogen-bond acceptors (Lipinski definition) is 2. The summed E-state index contributed by atoms with van der Waals surface area (Å²) >= 11 is 0. The Morgan fingerprint density at radius 2 is 1.80 bits per heavy atom. The molecule has 0 radical (unpaired) electrons. The Hall–Kier alpha value is -0.830. The van der Waals surface area contributed by atoms with E-state index in [-0.39, 0.29) is 0 Å². The van der Waals surface area contributed by atoms with E-state index >= 15 is 0 Å². The molecule has 1 aromatic rings. The van der Waals surface area contributed by atoms with Crippen LogP contribution in [0.25, 0.3) is 0 Å². The molecule has 0 atom stereocenters. The van der Waals surface area contributed by atoms with Crippen molar-refractivity contribution in [3.8, 4) is 0 Å². The van der Waals surface area contributed by atoms with Crippen LogP contribution in [0.2, 0.25) is 0 Å². The first-order valence-corrected chi connectivity index (χ1v) is 8.43. The minimum atomic E-state index is 0.486. The zero-order chi connectivity index (χ0) is 13.7. The van der Waals surface area contributed by atoms with Gasteiger partial charge >= 0.3 is 0 Å². The summed E-state index contributed by atoms with van der Waals surface area (Å²) < 4.78 is 2.20. The summed E-state index contributed by atoms with van der Waals surface area (Å²) in [5.41, 5.74) is 9.12. The quantitative estimate of drug-likeness (QED) is 0.916. The van der Waals surface area contributed by atoms with Gasteiger partial charge in [0.2, 0.25) is 0 Å². The predicted octanol–water partition coefficient (Wildman–Crippen LogP) is 3.01. The number of nitrogens with zero attached hydrogens (tertiary/aromatic N) is 2. The van der Waals surface area contributed by atoms with Gasteiger partial charge in [0.05, 0.1) is 6.20 Å². The number of aryl methyl sites for hydroxylation is 1. The molecule has 4 aliphatic rings. The molecule has 0 aromatic carbocycles. The average Bonchev–Trinajstić information content (AvgIpc) is 2.77. The Bertz CT molecular complexity index is 467. The second-order valence-corrected chi connectivity index (χ2v) is 7.71. The SMILES string of the molecule is Cc1c(C23CC4CC(CC(C4)C2)C3)cnn1CCCN. The average molecular weight is 273 g/mol. The van der Waals surface area contributed by atoms with Crippen LogP contribution in [0, 0.1) is 24.7 Å². The smallest absolute Gasteiger partial charge is 0.0530 e. The molecule has 2 N–H and O–H groups in total. The topological polar surface area (TPSA) is 43.8 Å². The zero-order valence-corrected chi connectivity index (χ0v) is 12.6. The van der Waals surface area contributed by atoms with Crippen LogP contribution in [-0.2, 0) is 12.0 Å². The van der Waals surface area contributed by atoms with Crippen LogP contribution in [0.15, 0.2) is 6.20 Å². The number of rotatable bonds is 4. The van der Waals surface area contributed by atoms with Crippen molar-refractivity contribution in [1.82, 2.24) is 9.78 Å². The summed E-state index contributed by atoms with van der Waals surface area (Å²) in [6.07, 6.45) is 12.1. The lowest BCUT2D eigenvalue weighted by Gasteiger charge is -2.57. The third-order valence-electron chi connectivity index (χ3n) is 6.29. The molecule has 0 spiro atoms.